The number of hydrogen-bond acceptors (Lipinski definition) is 10. The van der Waals surface area contributed by atoms with Crippen molar-refractivity contribution < 1.29 is 32.3 Å². The van der Waals surface area contributed by atoms with Gasteiger partial charge < -0.3 is 19.7 Å². The van der Waals surface area contributed by atoms with Gasteiger partial charge in [0.25, 0.3) is 5.91 Å². The Morgan fingerprint density at radius 2 is 1.88 bits per heavy atom. The lowest BCUT2D eigenvalue weighted by Gasteiger charge is -2.26. The molecule has 5 aliphatic rings. The fraction of sp³-hybridized carbons (Fsp3) is 0.553. The van der Waals surface area contributed by atoms with Crippen LogP contribution in [0.3, 0.4) is 0 Å². The molecule has 52 heavy (non-hydrogen) atoms. The summed E-state index contributed by atoms with van der Waals surface area (Å²) in [5, 5.41) is 6.04. The van der Waals surface area contributed by atoms with E-state index in [2.05, 4.69) is 15.4 Å². The minimum atomic E-state index is -3.83. The van der Waals surface area contributed by atoms with E-state index in [9.17, 15) is 22.8 Å². The van der Waals surface area contributed by atoms with Crippen molar-refractivity contribution >= 4 is 50.0 Å². The van der Waals surface area contributed by atoms with Crippen molar-refractivity contribution in [3.63, 3.8) is 0 Å². The van der Waals surface area contributed by atoms with Gasteiger partial charge in [0, 0.05) is 47.1 Å². The Morgan fingerprint density at radius 1 is 1.08 bits per heavy atom. The number of thiazole rings is 1. The number of rotatable bonds is 8. The lowest BCUT2D eigenvalue weighted by molar-refractivity contribution is -0.139. The van der Waals surface area contributed by atoms with Crippen molar-refractivity contribution in [2.24, 2.45) is 5.92 Å². The number of amides is 3. The first-order valence-electron chi connectivity index (χ1n) is 18.5. The predicted molar refractivity (Wildman–Crippen MR) is 197 cm³/mol. The van der Waals surface area contributed by atoms with Crippen LogP contribution in [-0.4, -0.2) is 77.6 Å². The van der Waals surface area contributed by atoms with Crippen LogP contribution in [0.2, 0.25) is 0 Å². The first kappa shape index (κ1) is 35.0. The number of methoxy groups -OCH3 is 1. The number of fused-ring (bicyclic) bond motifs is 3. The van der Waals surface area contributed by atoms with Crippen LogP contribution in [-0.2, 0) is 24.4 Å². The fourth-order valence-corrected chi connectivity index (χ4v) is 9.85. The number of allylic oxidation sites excluding steroid dienone is 1. The second-order valence-corrected chi connectivity index (χ2v) is 17.8. The van der Waals surface area contributed by atoms with Crippen LogP contribution in [0.15, 0.2) is 35.7 Å². The minimum absolute atomic E-state index is 0.141. The van der Waals surface area contributed by atoms with E-state index in [0.29, 0.717) is 48.8 Å². The Kier molecular flexibility index (Phi) is 9.25. The average molecular weight is 748 g/mol. The highest BCUT2D eigenvalue weighted by atomic mass is 32.2. The number of carbonyl (C=O) groups is 3. The van der Waals surface area contributed by atoms with E-state index in [1.165, 1.54) is 0 Å². The third-order valence-electron chi connectivity index (χ3n) is 11.1. The summed E-state index contributed by atoms with van der Waals surface area (Å²) < 4.78 is 40.2. The Labute approximate surface area is 307 Å². The molecule has 0 unspecified atom stereocenters. The molecule has 2 aliphatic heterocycles. The van der Waals surface area contributed by atoms with Crippen molar-refractivity contribution in [2.75, 3.05) is 13.7 Å². The molecule has 1 saturated heterocycles. The molecule has 3 aromatic rings. The highest BCUT2D eigenvalue weighted by Gasteiger charge is 2.62. The zero-order chi connectivity index (χ0) is 36.2. The van der Waals surface area contributed by atoms with Gasteiger partial charge in [-0.1, -0.05) is 25.0 Å². The zero-order valence-corrected chi connectivity index (χ0v) is 31.2. The van der Waals surface area contributed by atoms with Crippen LogP contribution in [0.1, 0.15) is 94.2 Å². The molecule has 2 aromatic heterocycles. The van der Waals surface area contributed by atoms with Crippen LogP contribution in [0.5, 0.6) is 11.5 Å². The van der Waals surface area contributed by atoms with Gasteiger partial charge in [-0.2, -0.15) is 0 Å². The quantitative estimate of drug-likeness (QED) is 0.292. The lowest BCUT2D eigenvalue weighted by Crippen LogP contribution is -2.56. The monoisotopic (exact) mass is 747 g/mol. The molecule has 3 amide bonds. The maximum atomic E-state index is 14.2. The number of pyridine rings is 1. The summed E-state index contributed by atoms with van der Waals surface area (Å²) in [5.41, 5.74) is 1.95. The summed E-state index contributed by atoms with van der Waals surface area (Å²) in [6, 6.07) is 4.79. The van der Waals surface area contributed by atoms with Crippen LogP contribution < -0.4 is 19.5 Å². The van der Waals surface area contributed by atoms with E-state index >= 15 is 0 Å². The number of nitrogens with zero attached hydrogens (tertiary/aromatic N) is 3. The van der Waals surface area contributed by atoms with Gasteiger partial charge in [-0.3, -0.25) is 19.1 Å². The largest absolute Gasteiger partial charge is 0.496 e. The smallest absolute Gasteiger partial charge is 0.259 e. The number of sulfonamides is 1. The molecule has 276 valence electrons. The minimum Gasteiger partial charge on any atom is -0.496 e. The average Bonchev–Trinajstić information content (AvgIpc) is 4.07. The first-order chi connectivity index (χ1) is 25.1. The molecular formula is C38H45N5O7S2. The Balaban J connectivity index is 1.09. The van der Waals surface area contributed by atoms with Crippen molar-refractivity contribution in [3.05, 3.63) is 47.0 Å². The third-order valence-corrected chi connectivity index (χ3v) is 13.8. The van der Waals surface area contributed by atoms with E-state index in [-0.39, 0.29) is 31.2 Å². The van der Waals surface area contributed by atoms with Crippen LogP contribution >= 0.6 is 11.3 Å². The molecule has 0 radical (unpaired) electrons. The van der Waals surface area contributed by atoms with Gasteiger partial charge in [0.2, 0.25) is 21.8 Å². The summed E-state index contributed by atoms with van der Waals surface area (Å²) in [6.45, 7) is 2.14. The molecule has 4 fully saturated rings. The van der Waals surface area contributed by atoms with E-state index in [1.54, 1.807) is 23.3 Å². The molecule has 1 aromatic carbocycles. The maximum Gasteiger partial charge on any atom is 0.259 e. The Hall–Kier alpha value is -4.04. The molecule has 4 atom stereocenters. The Bertz CT molecular complexity index is 2060. The summed E-state index contributed by atoms with van der Waals surface area (Å²) in [7, 11) is -2.20. The number of ether oxygens (including phenoxy) is 2. The number of aryl methyl sites for hydroxylation is 1. The van der Waals surface area contributed by atoms with E-state index < -0.39 is 44.8 Å². The van der Waals surface area contributed by atoms with E-state index in [4.69, 9.17) is 19.4 Å². The second kappa shape index (κ2) is 13.7. The van der Waals surface area contributed by atoms with E-state index in [1.807, 2.05) is 37.3 Å². The number of nitrogens with one attached hydrogen (secondary N) is 2. The van der Waals surface area contributed by atoms with Gasteiger partial charge in [-0.15, -0.1) is 11.3 Å². The normalized spacial score (nSPS) is 27.5. The van der Waals surface area contributed by atoms with Crippen molar-refractivity contribution in [1.29, 1.82) is 0 Å². The molecule has 12 nitrogen and oxygen atoms in total. The summed E-state index contributed by atoms with van der Waals surface area (Å²) in [5.74, 6) is 0.0867. The fourth-order valence-electron chi connectivity index (χ4n) is 7.63. The number of carbonyl (C=O) groups excluding carboxylic acids is 3. The molecule has 8 rings (SSSR count). The van der Waals surface area contributed by atoms with Gasteiger partial charge in [-0.05, 0) is 70.4 Å². The molecule has 2 N–H and O–H groups in total. The van der Waals surface area contributed by atoms with Gasteiger partial charge in [0.15, 0.2) is 0 Å². The second-order valence-electron chi connectivity index (χ2n) is 15.0. The van der Waals surface area contributed by atoms with Crippen LogP contribution in [0.25, 0.3) is 21.6 Å². The molecular weight excluding hydrogens is 703 g/mol. The lowest BCUT2D eigenvalue weighted by atomic mass is 10.1. The molecule has 0 bridgehead atoms. The summed E-state index contributed by atoms with van der Waals surface area (Å²) in [6.07, 6.45) is 11.8. The zero-order valence-electron chi connectivity index (χ0n) is 29.6. The third kappa shape index (κ3) is 6.91. The first-order valence-corrected chi connectivity index (χ1v) is 20.9. The van der Waals surface area contributed by atoms with Gasteiger partial charge in [0.1, 0.15) is 39.9 Å². The highest BCUT2D eigenvalue weighted by molar-refractivity contribution is 7.91. The molecule has 0 spiro atoms. The predicted octanol–water partition coefficient (Wildman–Crippen LogP) is 5.29. The van der Waals surface area contributed by atoms with E-state index in [0.717, 1.165) is 65.7 Å². The molecule has 3 aliphatic carbocycles. The van der Waals surface area contributed by atoms with Crippen LogP contribution in [0, 0.1) is 12.8 Å². The Morgan fingerprint density at radius 3 is 2.65 bits per heavy atom. The summed E-state index contributed by atoms with van der Waals surface area (Å²) in [4.78, 5) is 53.1. The van der Waals surface area contributed by atoms with Crippen molar-refractivity contribution in [1.82, 2.24) is 24.9 Å². The number of hydrogen-bond donors (Lipinski definition) is 2. The van der Waals surface area contributed by atoms with Gasteiger partial charge in [-0.25, -0.2) is 18.4 Å². The van der Waals surface area contributed by atoms with Crippen molar-refractivity contribution in [2.45, 2.75) is 113 Å². The number of aromatic nitrogens is 2. The topological polar surface area (TPSA) is 157 Å². The standard InChI is InChI=1S/C38H45N5O7S2/c1-22-31(49-2)16-15-27-32(18-28(39-34(22)27)36-40-29(21-51-36)23-11-12-23)50-25-17-30-35(45)41-38(37(46)42-52(47,48)26-13-14-26)19-24(38)9-7-5-3-4-6-8-10-33(44)43(30)20-25/h7,9,15-16,18,21,23-26,30H,3-6,8,10-14,17,19-20H2,1-2H3,(H,41,45)(H,42,46)/b9-7+/t24-,25-,30+,38-/m1/s1. The molecule has 3 saturated carbocycles. The summed E-state index contributed by atoms with van der Waals surface area (Å²) >= 11 is 1.55. The maximum absolute atomic E-state index is 14.2. The number of benzene rings is 1. The van der Waals surface area contributed by atoms with Crippen LogP contribution in [0.4, 0.5) is 0 Å². The van der Waals surface area contributed by atoms with Gasteiger partial charge >= 0.3 is 0 Å². The highest BCUT2D eigenvalue weighted by Crippen LogP contribution is 2.46. The molecule has 14 heteroatoms. The SMILES string of the molecule is COc1ccc2c(O[C@@H]3C[C@H]4C(=O)N[C@]5(C(=O)NS(=O)(=O)C6CC6)C[C@H]5/C=C/CCCCCCC(=O)N4C3)cc(-c3nc(C4CC4)cs3)nc2c1C. The van der Waals surface area contributed by atoms with Gasteiger partial charge in [0.05, 0.1) is 30.1 Å². The molecule has 4 heterocycles. The van der Waals surface area contributed by atoms with Crippen molar-refractivity contribution in [3.8, 4) is 22.2 Å².